The molecule has 0 fully saturated rings. The quantitative estimate of drug-likeness (QED) is 0.771. The van der Waals surface area contributed by atoms with E-state index in [0.29, 0.717) is 12.5 Å². The maximum Gasteiger partial charge on any atom is 0.435 e. The van der Waals surface area contributed by atoms with E-state index in [1.165, 1.54) is 6.92 Å². The molecule has 0 N–H and O–H groups in total. The van der Waals surface area contributed by atoms with E-state index in [2.05, 4.69) is 9.84 Å². The van der Waals surface area contributed by atoms with E-state index in [1.807, 2.05) is 0 Å². The summed E-state index contributed by atoms with van der Waals surface area (Å²) in [5.41, 5.74) is -2.60. The third-order valence-corrected chi connectivity index (χ3v) is 2.72. The topological polar surface area (TPSA) is 78.3 Å². The monoisotopic (exact) mass is 286 g/mol. The van der Waals surface area contributed by atoms with Gasteiger partial charge >= 0.3 is 12.1 Å². The molecule has 0 aliphatic carbocycles. The molecule has 0 saturated carbocycles. The normalized spacial score (nSPS) is 12.5. The first-order chi connectivity index (χ1) is 8.09. The van der Waals surface area contributed by atoms with E-state index in [9.17, 15) is 26.4 Å². The fraction of sp³-hybridized carbons (Fsp3) is 0.500. The first-order valence-corrected chi connectivity index (χ1v) is 6.46. The number of carbonyl (C=O) groups is 1. The molecule has 0 spiro atoms. The number of hydrogen-bond acceptors (Lipinski definition) is 5. The number of aromatic nitrogens is 2. The Morgan fingerprint density at radius 3 is 2.44 bits per heavy atom. The molecule has 0 amide bonds. The molecule has 0 saturated heterocycles. The van der Waals surface area contributed by atoms with Crippen molar-refractivity contribution < 1.29 is 31.1 Å². The van der Waals surface area contributed by atoms with Gasteiger partial charge in [0.25, 0.3) is 10.0 Å². The van der Waals surface area contributed by atoms with Crippen LogP contribution in [0.3, 0.4) is 0 Å². The smallest absolute Gasteiger partial charge is 0.435 e. The number of hydrogen-bond donors (Lipinski definition) is 0. The highest BCUT2D eigenvalue weighted by Gasteiger charge is 2.42. The summed E-state index contributed by atoms with van der Waals surface area (Å²) in [5, 5.41) is 3.07. The Kier molecular flexibility index (Phi) is 3.70. The molecule has 1 rings (SSSR count). The van der Waals surface area contributed by atoms with Gasteiger partial charge in [0.2, 0.25) is 0 Å². The summed E-state index contributed by atoms with van der Waals surface area (Å²) in [6.07, 6.45) is -3.98. The van der Waals surface area contributed by atoms with Crippen LogP contribution in [-0.2, 0) is 20.9 Å². The van der Waals surface area contributed by atoms with Gasteiger partial charge in [0, 0.05) is 0 Å². The molecule has 10 heteroatoms. The number of halogens is 3. The average Bonchev–Trinajstić information content (AvgIpc) is 2.60. The lowest BCUT2D eigenvalue weighted by Gasteiger charge is -2.10. The average molecular weight is 286 g/mol. The largest absolute Gasteiger partial charge is 0.462 e. The summed E-state index contributed by atoms with van der Waals surface area (Å²) in [4.78, 5) is 11.3. The minimum absolute atomic E-state index is 0.139. The van der Waals surface area contributed by atoms with Gasteiger partial charge in [0.1, 0.15) is 5.56 Å². The van der Waals surface area contributed by atoms with Crippen molar-refractivity contribution in [1.29, 1.82) is 0 Å². The van der Waals surface area contributed by atoms with E-state index in [4.69, 9.17) is 0 Å². The number of carbonyl (C=O) groups excluding carboxylic acids is 1. The molecule has 0 aromatic carbocycles. The van der Waals surface area contributed by atoms with Crippen molar-refractivity contribution in [3.63, 3.8) is 0 Å². The van der Waals surface area contributed by atoms with Gasteiger partial charge in [-0.1, -0.05) is 0 Å². The SMILES string of the molecule is CCOC(=O)c1cnn(S(C)(=O)=O)c1C(F)(F)F. The number of esters is 1. The predicted molar refractivity (Wildman–Crippen MR) is 53.4 cm³/mol. The van der Waals surface area contributed by atoms with Gasteiger partial charge in [-0.2, -0.15) is 22.4 Å². The number of alkyl halides is 3. The van der Waals surface area contributed by atoms with Crippen molar-refractivity contribution in [3.8, 4) is 0 Å². The van der Waals surface area contributed by atoms with Gasteiger partial charge < -0.3 is 4.74 Å². The van der Waals surface area contributed by atoms with Gasteiger partial charge in [-0.3, -0.25) is 0 Å². The Bertz CT molecular complexity index is 561. The first kappa shape index (κ1) is 14.5. The Labute approximate surface area is 100 Å². The Morgan fingerprint density at radius 2 is 2.06 bits per heavy atom. The second-order valence-corrected chi connectivity index (χ2v) is 5.04. The zero-order chi connectivity index (χ0) is 14.1. The summed E-state index contributed by atoms with van der Waals surface area (Å²) in [6, 6.07) is 0. The van der Waals surface area contributed by atoms with Crippen molar-refractivity contribution in [2.75, 3.05) is 12.9 Å². The molecular formula is C8H9F3N2O4S. The summed E-state index contributed by atoms with van der Waals surface area (Å²) in [6.45, 7) is 1.27. The number of nitrogens with zero attached hydrogens (tertiary/aromatic N) is 2. The molecule has 0 atom stereocenters. The lowest BCUT2D eigenvalue weighted by atomic mass is 10.2. The molecule has 0 aliphatic rings. The fourth-order valence-corrected chi connectivity index (χ4v) is 1.95. The van der Waals surface area contributed by atoms with Crippen LogP contribution in [0.5, 0.6) is 0 Å². The van der Waals surface area contributed by atoms with Crippen molar-refractivity contribution in [2.24, 2.45) is 0 Å². The fourth-order valence-electron chi connectivity index (χ4n) is 1.20. The van der Waals surface area contributed by atoms with E-state index < -0.39 is 33.4 Å². The van der Waals surface area contributed by atoms with Crippen molar-refractivity contribution in [2.45, 2.75) is 13.1 Å². The second-order valence-electron chi connectivity index (χ2n) is 3.23. The molecule has 1 aromatic heterocycles. The highest BCUT2D eigenvalue weighted by Crippen LogP contribution is 2.32. The molecule has 1 aromatic rings. The minimum Gasteiger partial charge on any atom is -0.462 e. The zero-order valence-electron chi connectivity index (χ0n) is 9.35. The molecule has 0 bridgehead atoms. The predicted octanol–water partition coefficient (Wildman–Crippen LogP) is 0.886. The Morgan fingerprint density at radius 1 is 1.50 bits per heavy atom. The maximum absolute atomic E-state index is 12.7. The molecule has 6 nitrogen and oxygen atoms in total. The van der Waals surface area contributed by atoms with Gasteiger partial charge in [-0.15, -0.1) is 0 Å². The van der Waals surface area contributed by atoms with Crippen LogP contribution in [0.2, 0.25) is 0 Å². The molecule has 102 valence electrons. The maximum atomic E-state index is 12.7. The molecule has 0 unspecified atom stereocenters. The molecular weight excluding hydrogens is 277 g/mol. The minimum atomic E-state index is -5.04. The Hall–Kier alpha value is -1.58. The van der Waals surface area contributed by atoms with Crippen LogP contribution < -0.4 is 0 Å². The second kappa shape index (κ2) is 4.59. The molecule has 18 heavy (non-hydrogen) atoms. The van der Waals surface area contributed by atoms with Crippen LogP contribution >= 0.6 is 0 Å². The lowest BCUT2D eigenvalue weighted by molar-refractivity contribution is -0.142. The highest BCUT2D eigenvalue weighted by molar-refractivity contribution is 7.89. The van der Waals surface area contributed by atoms with Gasteiger partial charge in [0.05, 0.1) is 19.1 Å². The number of ether oxygens (including phenoxy) is 1. The van der Waals surface area contributed by atoms with Crippen molar-refractivity contribution in [3.05, 3.63) is 17.5 Å². The summed E-state index contributed by atoms with van der Waals surface area (Å²) in [7, 11) is -4.27. The third kappa shape index (κ3) is 2.81. The van der Waals surface area contributed by atoms with E-state index >= 15 is 0 Å². The van der Waals surface area contributed by atoms with Crippen LogP contribution in [0.25, 0.3) is 0 Å². The summed E-state index contributed by atoms with van der Waals surface area (Å²) >= 11 is 0. The van der Waals surface area contributed by atoms with E-state index in [-0.39, 0.29) is 10.7 Å². The van der Waals surface area contributed by atoms with Crippen LogP contribution in [0.4, 0.5) is 13.2 Å². The standard InChI is InChI=1S/C8H9F3N2O4S/c1-3-17-7(14)5-4-12-13(18(2,15)16)6(5)8(9,10)11/h4H,3H2,1-2H3. The Balaban J connectivity index is 3.48. The molecule has 1 heterocycles. The van der Waals surface area contributed by atoms with Crippen molar-refractivity contribution >= 4 is 16.0 Å². The zero-order valence-corrected chi connectivity index (χ0v) is 10.2. The van der Waals surface area contributed by atoms with Gasteiger partial charge in [-0.25, -0.2) is 13.2 Å². The van der Waals surface area contributed by atoms with Gasteiger partial charge in [-0.05, 0) is 6.92 Å². The van der Waals surface area contributed by atoms with Crippen LogP contribution in [-0.4, -0.2) is 36.4 Å². The van der Waals surface area contributed by atoms with Crippen molar-refractivity contribution in [1.82, 2.24) is 9.19 Å². The van der Waals surface area contributed by atoms with Gasteiger partial charge in [0.15, 0.2) is 5.69 Å². The van der Waals surface area contributed by atoms with Crippen LogP contribution in [0.15, 0.2) is 6.20 Å². The van der Waals surface area contributed by atoms with E-state index in [1.54, 1.807) is 0 Å². The molecule has 0 radical (unpaired) electrons. The highest BCUT2D eigenvalue weighted by atomic mass is 32.2. The number of rotatable bonds is 3. The lowest BCUT2D eigenvalue weighted by Crippen LogP contribution is -2.23. The molecule has 0 aliphatic heterocycles. The first-order valence-electron chi connectivity index (χ1n) is 4.62. The third-order valence-electron chi connectivity index (χ3n) is 1.82. The van der Waals surface area contributed by atoms with Crippen LogP contribution in [0.1, 0.15) is 23.0 Å². The summed E-state index contributed by atoms with van der Waals surface area (Å²) in [5.74, 6) is -1.28. The summed E-state index contributed by atoms with van der Waals surface area (Å²) < 4.78 is 64.7. The van der Waals surface area contributed by atoms with E-state index in [0.717, 1.165) is 0 Å². The van der Waals surface area contributed by atoms with Crippen LogP contribution in [0, 0.1) is 0 Å².